The first-order valence-electron chi connectivity index (χ1n) is 5.65. The first-order valence-corrected chi connectivity index (χ1v) is 5.65. The summed E-state index contributed by atoms with van der Waals surface area (Å²) in [4.78, 5) is 12.0. The average molecular weight is 236 g/mol. The molecule has 0 saturated carbocycles. The Morgan fingerprint density at radius 3 is 2.94 bits per heavy atom. The zero-order chi connectivity index (χ0) is 12.1. The van der Waals surface area contributed by atoms with Gasteiger partial charge in [0.2, 0.25) is 0 Å². The lowest BCUT2D eigenvalue weighted by Crippen LogP contribution is -2.36. The molecule has 0 bridgehead atoms. The van der Waals surface area contributed by atoms with Crippen molar-refractivity contribution in [3.8, 4) is 5.75 Å². The van der Waals surface area contributed by atoms with Crippen molar-refractivity contribution >= 4 is 5.78 Å². The lowest BCUT2D eigenvalue weighted by Gasteiger charge is -2.22. The molecule has 1 unspecified atom stereocenters. The van der Waals surface area contributed by atoms with Crippen LogP contribution in [-0.2, 0) is 20.7 Å². The lowest BCUT2D eigenvalue weighted by atomic mass is 10.0. The monoisotopic (exact) mass is 236 g/mol. The zero-order valence-corrected chi connectivity index (χ0v) is 9.85. The number of hydrogen-bond acceptors (Lipinski definition) is 4. The molecule has 1 heterocycles. The van der Waals surface area contributed by atoms with Crippen LogP contribution in [0.2, 0.25) is 0 Å². The van der Waals surface area contributed by atoms with E-state index in [9.17, 15) is 4.79 Å². The number of rotatable bonds is 4. The van der Waals surface area contributed by atoms with Crippen LogP contribution in [0.5, 0.6) is 5.75 Å². The minimum absolute atomic E-state index is 0.0363. The van der Waals surface area contributed by atoms with Crippen LogP contribution in [0.25, 0.3) is 0 Å². The topological polar surface area (TPSA) is 44.8 Å². The Morgan fingerprint density at radius 1 is 1.41 bits per heavy atom. The van der Waals surface area contributed by atoms with Gasteiger partial charge in [-0.05, 0) is 6.07 Å². The summed E-state index contributed by atoms with van der Waals surface area (Å²) in [6, 6.07) is 7.51. The molecule has 1 aromatic rings. The van der Waals surface area contributed by atoms with Crippen molar-refractivity contribution in [2.24, 2.45) is 0 Å². The average Bonchev–Trinajstić information content (AvgIpc) is 2.40. The number of ketones is 1. The molecule has 17 heavy (non-hydrogen) atoms. The van der Waals surface area contributed by atoms with Gasteiger partial charge in [0.15, 0.2) is 5.78 Å². The van der Waals surface area contributed by atoms with E-state index in [4.69, 9.17) is 14.2 Å². The standard InChI is InChI=1S/C13H16O4/c1-15-12-5-3-2-4-10(12)8-11(14)13-9-16-6-7-17-13/h2-5,13H,6-9H2,1H3. The third-order valence-corrected chi connectivity index (χ3v) is 2.73. The van der Waals surface area contributed by atoms with Gasteiger partial charge in [-0.3, -0.25) is 4.79 Å². The van der Waals surface area contributed by atoms with Gasteiger partial charge >= 0.3 is 0 Å². The molecule has 0 spiro atoms. The molecule has 0 N–H and O–H groups in total. The van der Waals surface area contributed by atoms with Crippen LogP contribution in [0.3, 0.4) is 0 Å². The Labute approximate surface area is 100 Å². The van der Waals surface area contributed by atoms with Crippen molar-refractivity contribution in [1.29, 1.82) is 0 Å². The molecule has 92 valence electrons. The number of carbonyl (C=O) groups is 1. The summed E-state index contributed by atoms with van der Waals surface area (Å²) in [5.74, 6) is 0.770. The normalized spacial score (nSPS) is 19.9. The number of ether oxygens (including phenoxy) is 3. The van der Waals surface area contributed by atoms with E-state index in [0.29, 0.717) is 26.2 Å². The van der Waals surface area contributed by atoms with E-state index in [0.717, 1.165) is 11.3 Å². The molecule has 2 rings (SSSR count). The van der Waals surface area contributed by atoms with Crippen LogP contribution in [0.15, 0.2) is 24.3 Å². The van der Waals surface area contributed by atoms with Crippen LogP contribution >= 0.6 is 0 Å². The third-order valence-electron chi connectivity index (χ3n) is 2.73. The van der Waals surface area contributed by atoms with Crippen molar-refractivity contribution in [1.82, 2.24) is 0 Å². The van der Waals surface area contributed by atoms with Gasteiger partial charge in [-0.15, -0.1) is 0 Å². The second-order valence-corrected chi connectivity index (χ2v) is 3.89. The number of para-hydroxylation sites is 1. The van der Waals surface area contributed by atoms with Gasteiger partial charge in [0.25, 0.3) is 0 Å². The maximum absolute atomic E-state index is 12.0. The van der Waals surface area contributed by atoms with Gasteiger partial charge in [-0.1, -0.05) is 18.2 Å². The van der Waals surface area contributed by atoms with Gasteiger partial charge in [-0.25, -0.2) is 0 Å². The van der Waals surface area contributed by atoms with E-state index in [1.807, 2.05) is 24.3 Å². The second-order valence-electron chi connectivity index (χ2n) is 3.89. The largest absolute Gasteiger partial charge is 0.496 e. The third kappa shape index (κ3) is 3.05. The van der Waals surface area contributed by atoms with Crippen LogP contribution in [-0.4, -0.2) is 38.8 Å². The quantitative estimate of drug-likeness (QED) is 0.788. The Morgan fingerprint density at radius 2 is 2.24 bits per heavy atom. The molecule has 4 heteroatoms. The maximum atomic E-state index is 12.0. The molecule has 0 radical (unpaired) electrons. The molecule has 1 aliphatic rings. The van der Waals surface area contributed by atoms with Crippen LogP contribution < -0.4 is 4.74 Å². The Kier molecular flexibility index (Phi) is 4.12. The highest BCUT2D eigenvalue weighted by Crippen LogP contribution is 2.19. The molecule has 1 atom stereocenters. The highest BCUT2D eigenvalue weighted by molar-refractivity contribution is 5.86. The fourth-order valence-electron chi connectivity index (χ4n) is 1.82. The maximum Gasteiger partial charge on any atom is 0.168 e. The molecular formula is C13H16O4. The molecule has 1 saturated heterocycles. The molecule has 0 aromatic heterocycles. The van der Waals surface area contributed by atoms with E-state index in [-0.39, 0.29) is 5.78 Å². The van der Waals surface area contributed by atoms with E-state index >= 15 is 0 Å². The van der Waals surface area contributed by atoms with Crippen molar-refractivity contribution in [2.75, 3.05) is 26.9 Å². The summed E-state index contributed by atoms with van der Waals surface area (Å²) in [6.45, 7) is 1.41. The summed E-state index contributed by atoms with van der Waals surface area (Å²) in [7, 11) is 1.60. The van der Waals surface area contributed by atoms with E-state index in [1.54, 1.807) is 7.11 Å². The minimum Gasteiger partial charge on any atom is -0.496 e. The summed E-state index contributed by atoms with van der Waals surface area (Å²) in [5.41, 5.74) is 0.883. The van der Waals surface area contributed by atoms with Crippen molar-refractivity contribution in [2.45, 2.75) is 12.5 Å². The number of hydrogen-bond donors (Lipinski definition) is 0. The lowest BCUT2D eigenvalue weighted by molar-refractivity contribution is -0.144. The predicted octanol–water partition coefficient (Wildman–Crippen LogP) is 1.22. The van der Waals surface area contributed by atoms with Crippen LogP contribution in [0.4, 0.5) is 0 Å². The van der Waals surface area contributed by atoms with Crippen molar-refractivity contribution in [3.05, 3.63) is 29.8 Å². The van der Waals surface area contributed by atoms with Crippen LogP contribution in [0.1, 0.15) is 5.56 Å². The second kappa shape index (κ2) is 5.80. The first-order chi connectivity index (χ1) is 8.31. The summed E-state index contributed by atoms with van der Waals surface area (Å²) in [5, 5.41) is 0. The van der Waals surface area contributed by atoms with E-state index in [2.05, 4.69) is 0 Å². The SMILES string of the molecule is COc1ccccc1CC(=O)C1COCCO1. The molecule has 0 amide bonds. The smallest absolute Gasteiger partial charge is 0.168 e. The molecular weight excluding hydrogens is 220 g/mol. The molecule has 1 fully saturated rings. The molecule has 4 nitrogen and oxygen atoms in total. The summed E-state index contributed by atoms with van der Waals surface area (Å²) < 4.78 is 15.8. The fourth-order valence-corrected chi connectivity index (χ4v) is 1.82. The number of benzene rings is 1. The number of Topliss-reactive ketones (excluding diaryl/α,β-unsaturated/α-hetero) is 1. The minimum atomic E-state index is -0.436. The molecule has 0 aliphatic carbocycles. The predicted molar refractivity (Wildman–Crippen MR) is 62.3 cm³/mol. The van der Waals surface area contributed by atoms with E-state index in [1.165, 1.54) is 0 Å². The highest BCUT2D eigenvalue weighted by atomic mass is 16.6. The van der Waals surface area contributed by atoms with Gasteiger partial charge in [-0.2, -0.15) is 0 Å². The van der Waals surface area contributed by atoms with Gasteiger partial charge in [0.05, 0.1) is 26.9 Å². The van der Waals surface area contributed by atoms with Crippen molar-refractivity contribution in [3.63, 3.8) is 0 Å². The fraction of sp³-hybridized carbons (Fsp3) is 0.462. The first kappa shape index (κ1) is 12.1. The zero-order valence-electron chi connectivity index (χ0n) is 9.85. The Hall–Kier alpha value is -1.39. The van der Waals surface area contributed by atoms with E-state index < -0.39 is 6.10 Å². The molecule has 1 aromatic carbocycles. The van der Waals surface area contributed by atoms with Gasteiger partial charge in [0, 0.05) is 12.0 Å². The van der Waals surface area contributed by atoms with Crippen LogP contribution in [0, 0.1) is 0 Å². The molecule has 1 aliphatic heterocycles. The Balaban J connectivity index is 2.01. The highest BCUT2D eigenvalue weighted by Gasteiger charge is 2.23. The Bertz CT molecular complexity index is 383. The number of carbonyl (C=O) groups excluding carboxylic acids is 1. The van der Waals surface area contributed by atoms with Gasteiger partial charge < -0.3 is 14.2 Å². The van der Waals surface area contributed by atoms with Gasteiger partial charge in [0.1, 0.15) is 11.9 Å². The summed E-state index contributed by atoms with van der Waals surface area (Å²) >= 11 is 0. The number of methoxy groups -OCH3 is 1. The summed E-state index contributed by atoms with van der Waals surface area (Å²) in [6.07, 6.45) is -0.119. The van der Waals surface area contributed by atoms with Crippen molar-refractivity contribution < 1.29 is 19.0 Å².